The zero-order valence-electron chi connectivity index (χ0n) is 15.4. The van der Waals surface area contributed by atoms with Crippen molar-refractivity contribution in [1.29, 1.82) is 0 Å². The summed E-state index contributed by atoms with van der Waals surface area (Å²) in [5.74, 6) is -0.387. The second-order valence-corrected chi connectivity index (χ2v) is 6.72. The molecule has 0 aliphatic rings. The Labute approximate surface area is 173 Å². The summed E-state index contributed by atoms with van der Waals surface area (Å²) in [7, 11) is 0. The van der Waals surface area contributed by atoms with Gasteiger partial charge in [0.2, 0.25) is 0 Å². The molecular formula is C23H17ClN4O. The van der Waals surface area contributed by atoms with E-state index in [9.17, 15) is 4.79 Å². The predicted molar refractivity (Wildman–Crippen MR) is 116 cm³/mol. The normalized spacial score (nSPS) is 10.9. The van der Waals surface area contributed by atoms with E-state index in [1.807, 2.05) is 72.8 Å². The van der Waals surface area contributed by atoms with Crippen molar-refractivity contribution >= 4 is 23.7 Å². The van der Waals surface area contributed by atoms with Crippen LogP contribution in [0.5, 0.6) is 0 Å². The molecule has 0 unspecified atom stereocenters. The summed E-state index contributed by atoms with van der Waals surface area (Å²) in [6.07, 6.45) is 1.56. The number of carbonyl (C=O) groups excluding carboxylic acids is 1. The van der Waals surface area contributed by atoms with Crippen molar-refractivity contribution in [2.75, 3.05) is 0 Å². The number of hydrogen-bond donors (Lipinski definition) is 1. The van der Waals surface area contributed by atoms with Crippen LogP contribution in [0.2, 0.25) is 5.02 Å². The van der Waals surface area contributed by atoms with Crippen LogP contribution in [-0.2, 0) is 0 Å². The average molecular weight is 401 g/mol. The fourth-order valence-corrected chi connectivity index (χ4v) is 2.97. The van der Waals surface area contributed by atoms with Gasteiger partial charge in [0.1, 0.15) is 0 Å². The fraction of sp³-hybridized carbons (Fsp3) is 0. The Kier molecular flexibility index (Phi) is 5.49. The van der Waals surface area contributed by atoms with E-state index >= 15 is 0 Å². The lowest BCUT2D eigenvalue weighted by Crippen LogP contribution is -2.18. The summed E-state index contributed by atoms with van der Waals surface area (Å²) in [5.41, 5.74) is 6.29. The van der Waals surface area contributed by atoms with E-state index in [2.05, 4.69) is 15.6 Å². The number of halogens is 1. The zero-order valence-corrected chi connectivity index (χ0v) is 16.1. The first-order valence-corrected chi connectivity index (χ1v) is 9.38. The third-order valence-corrected chi connectivity index (χ3v) is 4.51. The molecule has 0 bridgehead atoms. The Bertz CT molecular complexity index is 1080. The van der Waals surface area contributed by atoms with Crippen molar-refractivity contribution in [3.05, 3.63) is 107 Å². The van der Waals surface area contributed by atoms with Gasteiger partial charge in [0.05, 0.1) is 17.6 Å². The van der Waals surface area contributed by atoms with Gasteiger partial charge in [-0.3, -0.25) is 4.79 Å². The minimum absolute atomic E-state index is 0.279. The summed E-state index contributed by atoms with van der Waals surface area (Å²) < 4.78 is 1.76. The van der Waals surface area contributed by atoms with Crippen LogP contribution in [0.3, 0.4) is 0 Å². The lowest BCUT2D eigenvalue weighted by Gasteiger charge is -2.07. The molecule has 0 saturated heterocycles. The Morgan fingerprint density at radius 2 is 1.59 bits per heavy atom. The van der Waals surface area contributed by atoms with Gasteiger partial charge >= 0.3 is 0 Å². The summed E-state index contributed by atoms with van der Waals surface area (Å²) in [4.78, 5) is 12.6. The molecule has 1 aromatic heterocycles. The van der Waals surface area contributed by atoms with Crippen LogP contribution >= 0.6 is 11.6 Å². The Hall–Kier alpha value is -3.70. The highest BCUT2D eigenvalue weighted by Gasteiger charge is 2.16. The molecule has 1 N–H and O–H groups in total. The molecule has 0 atom stereocenters. The molecule has 1 amide bonds. The van der Waals surface area contributed by atoms with Crippen LogP contribution in [0, 0.1) is 0 Å². The molecule has 6 heteroatoms. The lowest BCUT2D eigenvalue weighted by atomic mass is 10.1. The highest BCUT2D eigenvalue weighted by Crippen LogP contribution is 2.23. The first-order valence-electron chi connectivity index (χ1n) is 9.00. The van der Waals surface area contributed by atoms with E-state index in [4.69, 9.17) is 11.6 Å². The Morgan fingerprint density at radius 1 is 0.931 bits per heavy atom. The van der Waals surface area contributed by atoms with E-state index in [0.29, 0.717) is 5.02 Å². The summed E-state index contributed by atoms with van der Waals surface area (Å²) >= 11 is 5.87. The molecular weight excluding hydrogens is 384 g/mol. The number of aromatic nitrogens is 2. The molecule has 0 fully saturated rings. The Balaban J connectivity index is 1.61. The van der Waals surface area contributed by atoms with Crippen LogP contribution in [0.15, 0.2) is 96.1 Å². The quantitative estimate of drug-likeness (QED) is 0.380. The van der Waals surface area contributed by atoms with Gasteiger partial charge in [-0.05, 0) is 35.9 Å². The van der Waals surface area contributed by atoms with Crippen molar-refractivity contribution < 1.29 is 4.79 Å². The van der Waals surface area contributed by atoms with Crippen molar-refractivity contribution in [3.8, 4) is 16.9 Å². The predicted octanol–water partition coefficient (Wildman–Crippen LogP) is 4.96. The van der Waals surface area contributed by atoms with Gasteiger partial charge in [0.15, 0.2) is 5.69 Å². The van der Waals surface area contributed by atoms with Crippen molar-refractivity contribution in [2.45, 2.75) is 0 Å². The van der Waals surface area contributed by atoms with Crippen LogP contribution in [0.4, 0.5) is 0 Å². The van der Waals surface area contributed by atoms with E-state index in [0.717, 1.165) is 22.5 Å². The molecule has 0 saturated carbocycles. The number of para-hydroxylation sites is 1. The summed E-state index contributed by atoms with van der Waals surface area (Å²) in [6.45, 7) is 0. The molecule has 0 radical (unpaired) electrons. The maximum absolute atomic E-state index is 12.6. The van der Waals surface area contributed by atoms with Gasteiger partial charge in [0, 0.05) is 10.6 Å². The van der Waals surface area contributed by atoms with Crippen molar-refractivity contribution in [2.24, 2.45) is 5.10 Å². The van der Waals surface area contributed by atoms with Crippen LogP contribution in [-0.4, -0.2) is 21.9 Å². The highest BCUT2D eigenvalue weighted by atomic mass is 35.5. The van der Waals surface area contributed by atoms with Crippen molar-refractivity contribution in [3.63, 3.8) is 0 Å². The van der Waals surface area contributed by atoms with Crippen LogP contribution < -0.4 is 5.43 Å². The van der Waals surface area contributed by atoms with Gasteiger partial charge in [-0.2, -0.15) is 10.2 Å². The first kappa shape index (κ1) is 18.7. The topological polar surface area (TPSA) is 59.3 Å². The first-order chi connectivity index (χ1) is 14.2. The second kappa shape index (κ2) is 8.54. The summed E-state index contributed by atoms with van der Waals surface area (Å²) in [5, 5.41) is 9.17. The third-order valence-electron chi connectivity index (χ3n) is 4.26. The van der Waals surface area contributed by atoms with Crippen molar-refractivity contribution in [1.82, 2.24) is 15.2 Å². The van der Waals surface area contributed by atoms with Crippen LogP contribution in [0.1, 0.15) is 16.1 Å². The van der Waals surface area contributed by atoms with Gasteiger partial charge in [-0.1, -0.05) is 72.3 Å². The Morgan fingerprint density at radius 3 is 2.28 bits per heavy atom. The summed E-state index contributed by atoms with van der Waals surface area (Å²) in [6, 6.07) is 28.4. The SMILES string of the molecule is O=C(N/N=C\c1ccc(Cl)cc1)c1cc(-c2ccccc2)n(-c2ccccc2)n1. The monoisotopic (exact) mass is 400 g/mol. The van der Waals surface area contributed by atoms with Gasteiger partial charge in [-0.15, -0.1) is 0 Å². The van der Waals surface area contributed by atoms with E-state index in [1.54, 1.807) is 29.1 Å². The zero-order chi connectivity index (χ0) is 20.1. The average Bonchev–Trinajstić information content (AvgIpc) is 3.22. The molecule has 4 rings (SSSR count). The molecule has 3 aromatic carbocycles. The fourth-order valence-electron chi connectivity index (χ4n) is 2.84. The van der Waals surface area contributed by atoms with E-state index < -0.39 is 0 Å². The molecule has 4 aromatic rings. The molecule has 5 nitrogen and oxygen atoms in total. The molecule has 142 valence electrons. The standard InChI is InChI=1S/C23H17ClN4O/c24-19-13-11-17(12-14-19)16-25-26-23(29)21-15-22(18-7-3-1-4-8-18)28(27-21)20-9-5-2-6-10-20/h1-16H,(H,26,29)/b25-16-. The van der Waals surface area contributed by atoms with Crippen LogP contribution in [0.25, 0.3) is 16.9 Å². The number of nitrogens with one attached hydrogen (secondary N) is 1. The minimum atomic E-state index is -0.387. The molecule has 0 aliphatic carbocycles. The van der Waals surface area contributed by atoms with Gasteiger partial charge < -0.3 is 0 Å². The number of hydrogen-bond acceptors (Lipinski definition) is 3. The second-order valence-electron chi connectivity index (χ2n) is 6.28. The highest BCUT2D eigenvalue weighted by molar-refractivity contribution is 6.30. The largest absolute Gasteiger partial charge is 0.291 e. The number of carbonyl (C=O) groups is 1. The number of amides is 1. The third kappa shape index (κ3) is 4.42. The number of benzene rings is 3. The number of nitrogens with zero attached hydrogens (tertiary/aromatic N) is 3. The lowest BCUT2D eigenvalue weighted by molar-refractivity contribution is 0.0949. The smallest absolute Gasteiger partial charge is 0.265 e. The van der Waals surface area contributed by atoms with Gasteiger partial charge in [-0.25, -0.2) is 10.1 Å². The van der Waals surface area contributed by atoms with Gasteiger partial charge in [0.25, 0.3) is 5.91 Å². The van der Waals surface area contributed by atoms with E-state index in [-0.39, 0.29) is 11.6 Å². The maximum atomic E-state index is 12.6. The minimum Gasteiger partial charge on any atom is -0.265 e. The molecule has 29 heavy (non-hydrogen) atoms. The number of rotatable bonds is 5. The van der Waals surface area contributed by atoms with E-state index in [1.165, 1.54) is 0 Å². The maximum Gasteiger partial charge on any atom is 0.291 e. The molecule has 1 heterocycles. The number of hydrazone groups is 1. The molecule has 0 spiro atoms. The molecule has 0 aliphatic heterocycles.